The molecule has 1 amide bonds. The number of fused-ring (bicyclic) bond motifs is 2. The van der Waals surface area contributed by atoms with E-state index in [1.807, 2.05) is 9.20 Å². The second-order valence-electron chi connectivity index (χ2n) is 12.4. The number of hydrogen-bond donors (Lipinski definition) is 1. The van der Waals surface area contributed by atoms with E-state index in [2.05, 4.69) is 44.5 Å². The van der Waals surface area contributed by atoms with E-state index in [0.29, 0.717) is 0 Å². The molecule has 1 spiro atoms. The highest BCUT2D eigenvalue weighted by Gasteiger charge is 2.50. The van der Waals surface area contributed by atoms with Crippen LogP contribution in [-0.2, 0) is 11.2 Å². The number of piperidine rings is 1. The molecule has 6 heterocycles. The van der Waals surface area contributed by atoms with Crippen LogP contribution in [0.3, 0.4) is 0 Å². The quantitative estimate of drug-likeness (QED) is 0.546. The number of aromatic nitrogens is 7. The molecule has 1 aliphatic carbocycles. The first-order valence-corrected chi connectivity index (χ1v) is 15.0. The van der Waals surface area contributed by atoms with Crippen molar-refractivity contribution in [2.24, 2.45) is 11.1 Å². The summed E-state index contributed by atoms with van der Waals surface area (Å²) in [5.74, 6) is 2.00. The van der Waals surface area contributed by atoms with Crippen LogP contribution in [0.15, 0.2) is 12.3 Å². The Labute approximate surface area is 229 Å². The fourth-order valence-corrected chi connectivity index (χ4v) is 7.80. The molecule has 4 aliphatic rings. The summed E-state index contributed by atoms with van der Waals surface area (Å²) < 4.78 is 3.76. The van der Waals surface area contributed by atoms with E-state index in [1.54, 1.807) is 0 Å². The van der Waals surface area contributed by atoms with Crippen molar-refractivity contribution in [3.63, 3.8) is 0 Å². The van der Waals surface area contributed by atoms with Crippen molar-refractivity contribution < 1.29 is 4.79 Å². The van der Waals surface area contributed by atoms with Gasteiger partial charge < -0.3 is 15.5 Å². The van der Waals surface area contributed by atoms with E-state index in [9.17, 15) is 4.79 Å². The molecule has 0 bridgehead atoms. The maximum atomic E-state index is 14.7. The fourth-order valence-electron chi connectivity index (χ4n) is 7.80. The molecule has 2 N–H and O–H groups in total. The number of tetrazole rings is 1. The lowest BCUT2D eigenvalue weighted by Crippen LogP contribution is -2.50. The molecule has 7 rings (SSSR count). The van der Waals surface area contributed by atoms with Gasteiger partial charge in [0.15, 0.2) is 11.5 Å². The number of aryl methyl sites for hydroxylation is 2. The predicted octanol–water partition coefficient (Wildman–Crippen LogP) is 3.14. The minimum Gasteiger partial charge on any atom is -0.355 e. The monoisotopic (exact) mass is 532 g/mol. The second kappa shape index (κ2) is 9.83. The van der Waals surface area contributed by atoms with Gasteiger partial charge in [0.2, 0.25) is 5.91 Å². The molecule has 11 heteroatoms. The van der Waals surface area contributed by atoms with Gasteiger partial charge in [0, 0.05) is 55.3 Å². The Morgan fingerprint density at radius 3 is 2.69 bits per heavy atom. The van der Waals surface area contributed by atoms with Gasteiger partial charge in [-0.15, -0.1) is 5.10 Å². The SMILES string of the molecule is Cc1cn2nc([C@@H]3CCCCN3C(=O)C3n4nnnc4CCC34CCCCCC4)cc2nc1N1CC[C@H](N)C1. The van der Waals surface area contributed by atoms with E-state index in [-0.39, 0.29) is 29.4 Å². The standard InChI is InChI=1S/C28H40N10O/c1-19-17-37-24(30-26(19)35-15-10-20(29)18-35)16-21(32-37)22-8-4-7-14-36(22)27(39)25-28(11-5-2-3-6-12-28)13-9-23-31-33-34-38(23)25/h16-17,20,22,25H,2-15,18,29H2,1H3/t20-,22-,25?/m0/s1. The Bertz CT molecular complexity index is 1360. The molecule has 3 atom stereocenters. The third-order valence-corrected chi connectivity index (χ3v) is 9.84. The molecule has 11 nitrogen and oxygen atoms in total. The van der Waals surface area contributed by atoms with Gasteiger partial charge in [-0.05, 0) is 62.3 Å². The van der Waals surface area contributed by atoms with Crippen LogP contribution in [0.2, 0.25) is 0 Å². The van der Waals surface area contributed by atoms with E-state index in [4.69, 9.17) is 15.8 Å². The van der Waals surface area contributed by atoms with Crippen LogP contribution in [0.1, 0.15) is 99.8 Å². The van der Waals surface area contributed by atoms with Gasteiger partial charge in [-0.3, -0.25) is 4.79 Å². The highest BCUT2D eigenvalue weighted by Crippen LogP contribution is 2.51. The van der Waals surface area contributed by atoms with Crippen molar-refractivity contribution in [1.82, 2.24) is 39.7 Å². The van der Waals surface area contributed by atoms with Gasteiger partial charge in [-0.2, -0.15) is 5.10 Å². The zero-order chi connectivity index (χ0) is 26.6. The van der Waals surface area contributed by atoms with Gasteiger partial charge in [0.25, 0.3) is 0 Å². The van der Waals surface area contributed by atoms with Crippen LogP contribution in [-0.4, -0.2) is 71.3 Å². The molecule has 1 unspecified atom stereocenters. The summed E-state index contributed by atoms with van der Waals surface area (Å²) in [4.78, 5) is 24.0. The number of hydrogen-bond acceptors (Lipinski definition) is 8. The Morgan fingerprint density at radius 2 is 1.90 bits per heavy atom. The number of carbonyl (C=O) groups is 1. The minimum atomic E-state index is -0.335. The molecule has 0 aromatic carbocycles. The number of nitrogens with two attached hydrogens (primary N) is 1. The number of likely N-dealkylation sites (tertiary alicyclic amines) is 1. The predicted molar refractivity (Wildman–Crippen MR) is 146 cm³/mol. The molecule has 3 aromatic heterocycles. The zero-order valence-corrected chi connectivity index (χ0v) is 23.0. The van der Waals surface area contributed by atoms with Gasteiger partial charge in [-0.1, -0.05) is 25.7 Å². The number of rotatable bonds is 3. The molecule has 208 valence electrons. The number of anilines is 1. The lowest BCUT2D eigenvalue weighted by molar-refractivity contribution is -0.145. The van der Waals surface area contributed by atoms with Crippen LogP contribution in [0.4, 0.5) is 5.82 Å². The first kappa shape index (κ1) is 24.9. The lowest BCUT2D eigenvalue weighted by atomic mass is 9.68. The third-order valence-electron chi connectivity index (χ3n) is 9.84. The van der Waals surface area contributed by atoms with Crippen molar-refractivity contribution in [2.75, 3.05) is 24.5 Å². The van der Waals surface area contributed by atoms with E-state index < -0.39 is 0 Å². The van der Waals surface area contributed by atoms with Gasteiger partial charge in [0.1, 0.15) is 11.9 Å². The third kappa shape index (κ3) is 4.29. The number of carbonyl (C=O) groups excluding carboxylic acids is 1. The molecular weight excluding hydrogens is 492 g/mol. The van der Waals surface area contributed by atoms with E-state index in [1.165, 1.54) is 25.7 Å². The van der Waals surface area contributed by atoms with Crippen LogP contribution >= 0.6 is 0 Å². The Kier molecular flexibility index (Phi) is 6.28. The molecule has 3 aromatic rings. The van der Waals surface area contributed by atoms with Crippen molar-refractivity contribution in [3.05, 3.63) is 29.3 Å². The molecule has 2 saturated heterocycles. The van der Waals surface area contributed by atoms with Crippen LogP contribution in [0.5, 0.6) is 0 Å². The molecule has 39 heavy (non-hydrogen) atoms. The normalized spacial score (nSPS) is 27.2. The highest BCUT2D eigenvalue weighted by molar-refractivity contribution is 5.82. The molecule has 3 aliphatic heterocycles. The van der Waals surface area contributed by atoms with Crippen LogP contribution < -0.4 is 10.6 Å². The van der Waals surface area contributed by atoms with E-state index in [0.717, 1.165) is 99.5 Å². The van der Waals surface area contributed by atoms with Gasteiger partial charge >= 0.3 is 0 Å². The minimum absolute atomic E-state index is 0.0680. The van der Waals surface area contributed by atoms with Crippen molar-refractivity contribution >= 4 is 17.4 Å². The van der Waals surface area contributed by atoms with Gasteiger partial charge in [0.05, 0.1) is 11.7 Å². The fraction of sp³-hybridized carbons (Fsp3) is 0.714. The summed E-state index contributed by atoms with van der Waals surface area (Å²) in [6.07, 6.45) is 14.9. The molecular formula is C28H40N10O. The number of nitrogens with zero attached hydrogens (tertiary/aromatic N) is 9. The lowest BCUT2D eigenvalue weighted by Gasteiger charge is -2.46. The van der Waals surface area contributed by atoms with E-state index >= 15 is 0 Å². The van der Waals surface area contributed by atoms with Crippen molar-refractivity contribution in [3.8, 4) is 0 Å². The maximum Gasteiger partial charge on any atom is 0.248 e. The van der Waals surface area contributed by atoms with Crippen molar-refractivity contribution in [2.45, 2.75) is 102 Å². The van der Waals surface area contributed by atoms with Gasteiger partial charge in [-0.25, -0.2) is 14.2 Å². The average molecular weight is 533 g/mol. The molecule has 3 fully saturated rings. The smallest absolute Gasteiger partial charge is 0.248 e. The Morgan fingerprint density at radius 1 is 1.05 bits per heavy atom. The summed E-state index contributed by atoms with van der Waals surface area (Å²) in [5, 5.41) is 17.7. The van der Waals surface area contributed by atoms with Crippen LogP contribution in [0.25, 0.3) is 5.65 Å². The largest absolute Gasteiger partial charge is 0.355 e. The summed E-state index contributed by atoms with van der Waals surface area (Å²) in [5.41, 5.74) is 8.95. The molecule has 0 radical (unpaired) electrons. The summed E-state index contributed by atoms with van der Waals surface area (Å²) >= 11 is 0. The summed E-state index contributed by atoms with van der Waals surface area (Å²) in [7, 11) is 0. The average Bonchev–Trinajstić information content (AvgIpc) is 3.65. The zero-order valence-electron chi connectivity index (χ0n) is 23.0. The molecule has 1 saturated carbocycles. The summed E-state index contributed by atoms with van der Waals surface area (Å²) in [6, 6.07) is 1.88. The maximum absolute atomic E-state index is 14.7. The number of amides is 1. The first-order chi connectivity index (χ1) is 19.0. The highest BCUT2D eigenvalue weighted by atomic mass is 16.2. The second-order valence-corrected chi connectivity index (χ2v) is 12.4. The van der Waals surface area contributed by atoms with Crippen molar-refractivity contribution in [1.29, 1.82) is 0 Å². The topological polar surface area (TPSA) is 123 Å². The first-order valence-electron chi connectivity index (χ1n) is 15.0. The van der Waals surface area contributed by atoms with Crippen LogP contribution in [0, 0.1) is 12.3 Å². The Balaban J connectivity index is 1.23. The summed E-state index contributed by atoms with van der Waals surface area (Å²) in [6.45, 7) is 4.59. The Hall–Kier alpha value is -3.08.